The average molecular weight is 219 g/mol. The Morgan fingerprint density at radius 1 is 1.69 bits per heavy atom. The van der Waals surface area contributed by atoms with Gasteiger partial charge in [-0.2, -0.15) is 0 Å². The lowest BCUT2D eigenvalue weighted by Gasteiger charge is -2.16. The van der Waals surface area contributed by atoms with E-state index in [2.05, 4.69) is 21.8 Å². The fourth-order valence-corrected chi connectivity index (χ4v) is 2.00. The quantitative estimate of drug-likeness (QED) is 0.587. The lowest BCUT2D eigenvalue weighted by atomic mass is 10.1. The van der Waals surface area contributed by atoms with Crippen molar-refractivity contribution in [1.82, 2.24) is 9.97 Å². The van der Waals surface area contributed by atoms with Crippen LogP contribution in [0.2, 0.25) is 0 Å². The van der Waals surface area contributed by atoms with Crippen molar-refractivity contribution in [2.45, 2.75) is 19.8 Å². The van der Waals surface area contributed by atoms with Crippen LogP contribution in [0.3, 0.4) is 0 Å². The standard InChI is InChI=1S/C11H17N5/c1-2-8-4-6-16(7-8)11-14-5-3-9(15-11)10(12)13/h3,5,8H,2,4,6-7H2,1H3,(H3,12,13). The zero-order valence-electron chi connectivity index (χ0n) is 9.48. The maximum absolute atomic E-state index is 7.35. The Labute approximate surface area is 95.2 Å². The summed E-state index contributed by atoms with van der Waals surface area (Å²) in [4.78, 5) is 10.7. The van der Waals surface area contributed by atoms with Crippen LogP contribution in [-0.2, 0) is 0 Å². The first kappa shape index (κ1) is 10.9. The van der Waals surface area contributed by atoms with Crippen LogP contribution in [0.15, 0.2) is 12.3 Å². The molecule has 1 atom stereocenters. The summed E-state index contributed by atoms with van der Waals surface area (Å²) >= 11 is 0. The highest BCUT2D eigenvalue weighted by Gasteiger charge is 2.23. The molecule has 0 spiro atoms. The van der Waals surface area contributed by atoms with Gasteiger partial charge in [-0.3, -0.25) is 5.41 Å². The van der Waals surface area contributed by atoms with E-state index in [1.807, 2.05) is 0 Å². The molecular formula is C11H17N5. The van der Waals surface area contributed by atoms with Gasteiger partial charge in [0.05, 0.1) is 0 Å². The Morgan fingerprint density at radius 3 is 3.12 bits per heavy atom. The summed E-state index contributed by atoms with van der Waals surface area (Å²) in [5.41, 5.74) is 5.91. The summed E-state index contributed by atoms with van der Waals surface area (Å²) in [6.45, 7) is 4.22. The van der Waals surface area contributed by atoms with Crippen molar-refractivity contribution >= 4 is 11.8 Å². The second kappa shape index (κ2) is 4.47. The lowest BCUT2D eigenvalue weighted by Crippen LogP contribution is -2.23. The van der Waals surface area contributed by atoms with Gasteiger partial charge in [0, 0.05) is 19.3 Å². The van der Waals surface area contributed by atoms with Crippen LogP contribution in [0.4, 0.5) is 5.95 Å². The predicted molar refractivity (Wildman–Crippen MR) is 63.7 cm³/mol. The molecule has 0 amide bonds. The molecule has 0 bridgehead atoms. The number of rotatable bonds is 3. The monoisotopic (exact) mass is 219 g/mol. The van der Waals surface area contributed by atoms with Gasteiger partial charge in [-0.25, -0.2) is 9.97 Å². The molecule has 0 radical (unpaired) electrons. The molecule has 1 unspecified atom stereocenters. The van der Waals surface area contributed by atoms with Crippen LogP contribution < -0.4 is 10.6 Å². The average Bonchev–Trinajstić information content (AvgIpc) is 2.77. The van der Waals surface area contributed by atoms with Crippen molar-refractivity contribution in [3.05, 3.63) is 18.0 Å². The molecule has 2 heterocycles. The van der Waals surface area contributed by atoms with Crippen LogP contribution in [0, 0.1) is 11.3 Å². The molecule has 2 rings (SSSR count). The molecule has 1 aliphatic heterocycles. The van der Waals surface area contributed by atoms with E-state index >= 15 is 0 Å². The van der Waals surface area contributed by atoms with E-state index < -0.39 is 0 Å². The van der Waals surface area contributed by atoms with Crippen LogP contribution in [0.5, 0.6) is 0 Å². The van der Waals surface area contributed by atoms with E-state index in [1.165, 1.54) is 12.8 Å². The number of nitrogens with two attached hydrogens (primary N) is 1. The second-order valence-electron chi connectivity index (χ2n) is 4.16. The molecule has 1 aliphatic rings. The van der Waals surface area contributed by atoms with Gasteiger partial charge in [0.1, 0.15) is 11.5 Å². The van der Waals surface area contributed by atoms with Gasteiger partial charge < -0.3 is 10.6 Å². The molecule has 0 aliphatic carbocycles. The molecule has 3 N–H and O–H groups in total. The van der Waals surface area contributed by atoms with Gasteiger partial charge in [-0.05, 0) is 18.4 Å². The number of amidine groups is 1. The summed E-state index contributed by atoms with van der Waals surface area (Å²) in [6, 6.07) is 1.67. The van der Waals surface area contributed by atoms with E-state index in [0.717, 1.165) is 19.0 Å². The normalized spacial score (nSPS) is 20.1. The van der Waals surface area contributed by atoms with Crippen molar-refractivity contribution in [3.63, 3.8) is 0 Å². The highest BCUT2D eigenvalue weighted by molar-refractivity contribution is 5.93. The van der Waals surface area contributed by atoms with E-state index in [-0.39, 0.29) is 5.84 Å². The van der Waals surface area contributed by atoms with Gasteiger partial charge in [-0.1, -0.05) is 13.3 Å². The summed E-state index contributed by atoms with van der Waals surface area (Å²) in [5, 5.41) is 7.35. The van der Waals surface area contributed by atoms with Crippen LogP contribution in [-0.4, -0.2) is 28.9 Å². The van der Waals surface area contributed by atoms with E-state index in [0.29, 0.717) is 11.6 Å². The molecule has 1 aromatic rings. The molecule has 0 aromatic carbocycles. The first-order valence-corrected chi connectivity index (χ1v) is 5.63. The number of hydrogen-bond donors (Lipinski definition) is 2. The second-order valence-corrected chi connectivity index (χ2v) is 4.16. The Balaban J connectivity index is 2.15. The summed E-state index contributed by atoms with van der Waals surface area (Å²) in [5.74, 6) is 1.43. The Kier molecular flexibility index (Phi) is 3.03. The zero-order chi connectivity index (χ0) is 11.5. The molecular weight excluding hydrogens is 202 g/mol. The van der Waals surface area contributed by atoms with Crippen molar-refractivity contribution in [2.24, 2.45) is 11.7 Å². The van der Waals surface area contributed by atoms with Gasteiger partial charge in [0.2, 0.25) is 5.95 Å². The van der Waals surface area contributed by atoms with Crippen LogP contribution in [0.25, 0.3) is 0 Å². The van der Waals surface area contributed by atoms with Gasteiger partial charge in [0.15, 0.2) is 0 Å². The van der Waals surface area contributed by atoms with E-state index in [4.69, 9.17) is 11.1 Å². The highest BCUT2D eigenvalue weighted by atomic mass is 15.3. The molecule has 1 saturated heterocycles. The number of anilines is 1. The fourth-order valence-electron chi connectivity index (χ4n) is 2.00. The number of aromatic nitrogens is 2. The van der Waals surface area contributed by atoms with Crippen molar-refractivity contribution < 1.29 is 0 Å². The molecule has 0 saturated carbocycles. The molecule has 86 valence electrons. The van der Waals surface area contributed by atoms with E-state index in [9.17, 15) is 0 Å². The topological polar surface area (TPSA) is 78.9 Å². The molecule has 5 nitrogen and oxygen atoms in total. The largest absolute Gasteiger partial charge is 0.382 e. The maximum atomic E-state index is 7.35. The number of hydrogen-bond acceptors (Lipinski definition) is 4. The third kappa shape index (κ3) is 2.13. The maximum Gasteiger partial charge on any atom is 0.225 e. The predicted octanol–water partition coefficient (Wildman–Crippen LogP) is 0.997. The zero-order valence-corrected chi connectivity index (χ0v) is 9.48. The number of nitrogen functional groups attached to an aromatic ring is 1. The van der Waals surface area contributed by atoms with Crippen LogP contribution >= 0.6 is 0 Å². The highest BCUT2D eigenvalue weighted by Crippen LogP contribution is 2.22. The third-order valence-electron chi connectivity index (χ3n) is 3.06. The van der Waals surface area contributed by atoms with Crippen molar-refractivity contribution in [2.75, 3.05) is 18.0 Å². The van der Waals surface area contributed by atoms with Gasteiger partial charge in [0.25, 0.3) is 0 Å². The summed E-state index contributed by atoms with van der Waals surface area (Å²) in [6.07, 6.45) is 4.06. The molecule has 5 heteroatoms. The summed E-state index contributed by atoms with van der Waals surface area (Å²) < 4.78 is 0. The molecule has 1 fully saturated rings. The SMILES string of the molecule is CCC1CCN(c2nccc(C(=N)N)n2)C1. The van der Waals surface area contributed by atoms with Crippen molar-refractivity contribution in [1.29, 1.82) is 5.41 Å². The Morgan fingerprint density at radius 2 is 2.50 bits per heavy atom. The first-order chi connectivity index (χ1) is 7.70. The minimum Gasteiger partial charge on any atom is -0.382 e. The van der Waals surface area contributed by atoms with Gasteiger partial charge >= 0.3 is 0 Å². The number of nitrogens with zero attached hydrogens (tertiary/aromatic N) is 3. The van der Waals surface area contributed by atoms with Gasteiger partial charge in [-0.15, -0.1) is 0 Å². The first-order valence-electron chi connectivity index (χ1n) is 5.63. The van der Waals surface area contributed by atoms with E-state index in [1.54, 1.807) is 12.3 Å². The van der Waals surface area contributed by atoms with Crippen LogP contribution in [0.1, 0.15) is 25.5 Å². The third-order valence-corrected chi connectivity index (χ3v) is 3.06. The smallest absolute Gasteiger partial charge is 0.225 e. The minimum absolute atomic E-state index is 0.00473. The Bertz CT molecular complexity index is 390. The minimum atomic E-state index is -0.00473. The lowest BCUT2D eigenvalue weighted by molar-refractivity contribution is 0.568. The molecule has 16 heavy (non-hydrogen) atoms. The fraction of sp³-hybridized carbons (Fsp3) is 0.545. The van der Waals surface area contributed by atoms with Crippen molar-refractivity contribution in [3.8, 4) is 0 Å². The summed E-state index contributed by atoms with van der Waals surface area (Å²) in [7, 11) is 0. The molecule has 1 aromatic heterocycles. The Hall–Kier alpha value is -1.65. The number of nitrogens with one attached hydrogen (secondary N) is 1.